The number of carbonyl (C=O) groups excluding carboxylic acids is 2. The van der Waals surface area contributed by atoms with E-state index in [4.69, 9.17) is 0 Å². The zero-order valence-electron chi connectivity index (χ0n) is 11.2. The molecule has 1 unspecified atom stereocenters. The summed E-state index contributed by atoms with van der Waals surface area (Å²) < 4.78 is 1.04. The summed E-state index contributed by atoms with van der Waals surface area (Å²) in [6, 6.07) is 6.09. The summed E-state index contributed by atoms with van der Waals surface area (Å²) in [5.41, 5.74) is 1.15. The monoisotopic (exact) mass is 356 g/mol. The van der Waals surface area contributed by atoms with E-state index >= 15 is 0 Å². The topological polar surface area (TPSA) is 58.2 Å². The molecule has 6 heteroatoms. The molecule has 0 aliphatic carbocycles. The molecule has 0 saturated carbocycles. The normalized spacial score (nSPS) is 18.5. The molecule has 1 saturated heterocycles. The lowest BCUT2D eigenvalue weighted by molar-refractivity contribution is -0.124. The quantitative estimate of drug-likeness (QED) is 0.813. The minimum atomic E-state index is 0.0125. The van der Waals surface area contributed by atoms with Crippen molar-refractivity contribution in [2.45, 2.75) is 30.7 Å². The summed E-state index contributed by atoms with van der Waals surface area (Å²) in [6.45, 7) is 2.56. The number of benzene rings is 1. The second kappa shape index (κ2) is 7.13. The number of rotatable bonds is 4. The fourth-order valence-electron chi connectivity index (χ4n) is 2.04. The lowest BCUT2D eigenvalue weighted by atomic mass is 10.1. The maximum Gasteiger partial charge on any atom is 0.230 e. The maximum atomic E-state index is 11.9. The highest BCUT2D eigenvalue weighted by Gasteiger charge is 2.19. The number of aryl methyl sites for hydroxylation is 1. The Balaban J connectivity index is 1.78. The highest BCUT2D eigenvalue weighted by molar-refractivity contribution is 9.10. The van der Waals surface area contributed by atoms with E-state index in [0.717, 1.165) is 21.4 Å². The molecule has 2 amide bonds. The number of carbonyl (C=O) groups is 2. The molecule has 0 spiro atoms. The van der Waals surface area contributed by atoms with Crippen molar-refractivity contribution in [1.29, 1.82) is 0 Å². The summed E-state index contributed by atoms with van der Waals surface area (Å²) in [4.78, 5) is 24.0. The molecule has 1 aliphatic heterocycles. The molecule has 1 aliphatic rings. The SMILES string of the molecule is Cc1cc(Br)ccc1SCC(=O)NC1CCC(=O)NC1. The average Bonchev–Trinajstić information content (AvgIpc) is 2.40. The highest BCUT2D eigenvalue weighted by atomic mass is 79.9. The van der Waals surface area contributed by atoms with Crippen LogP contribution in [0.15, 0.2) is 27.6 Å². The van der Waals surface area contributed by atoms with Gasteiger partial charge in [-0.1, -0.05) is 15.9 Å². The second-order valence-electron chi connectivity index (χ2n) is 4.81. The molecule has 108 valence electrons. The van der Waals surface area contributed by atoms with Crippen LogP contribution in [0.5, 0.6) is 0 Å². The van der Waals surface area contributed by atoms with Gasteiger partial charge in [-0.15, -0.1) is 11.8 Å². The van der Waals surface area contributed by atoms with Gasteiger partial charge < -0.3 is 10.6 Å². The first kappa shape index (κ1) is 15.4. The van der Waals surface area contributed by atoms with Gasteiger partial charge >= 0.3 is 0 Å². The lowest BCUT2D eigenvalue weighted by Gasteiger charge is -2.23. The van der Waals surface area contributed by atoms with Crippen molar-refractivity contribution in [1.82, 2.24) is 10.6 Å². The number of thioether (sulfide) groups is 1. The largest absolute Gasteiger partial charge is 0.354 e. The molecule has 4 nitrogen and oxygen atoms in total. The second-order valence-corrected chi connectivity index (χ2v) is 6.74. The van der Waals surface area contributed by atoms with Crippen molar-refractivity contribution in [3.05, 3.63) is 28.2 Å². The van der Waals surface area contributed by atoms with Crippen LogP contribution in [0.2, 0.25) is 0 Å². The van der Waals surface area contributed by atoms with Crippen molar-refractivity contribution in [2.24, 2.45) is 0 Å². The van der Waals surface area contributed by atoms with Crippen LogP contribution in [0.1, 0.15) is 18.4 Å². The number of hydrogen-bond donors (Lipinski definition) is 2. The predicted molar refractivity (Wildman–Crippen MR) is 83.8 cm³/mol. The number of amides is 2. The third kappa shape index (κ3) is 4.52. The van der Waals surface area contributed by atoms with Crippen LogP contribution in [-0.2, 0) is 9.59 Å². The first-order valence-corrected chi connectivity index (χ1v) is 8.27. The molecule has 1 aromatic rings. The Hall–Kier alpha value is -1.01. The first-order valence-electron chi connectivity index (χ1n) is 6.49. The third-order valence-electron chi connectivity index (χ3n) is 3.13. The van der Waals surface area contributed by atoms with Crippen LogP contribution in [0.4, 0.5) is 0 Å². The maximum absolute atomic E-state index is 11.9. The highest BCUT2D eigenvalue weighted by Crippen LogP contribution is 2.25. The van der Waals surface area contributed by atoms with E-state index in [1.54, 1.807) is 0 Å². The number of nitrogens with one attached hydrogen (secondary N) is 2. The van der Waals surface area contributed by atoms with Crippen LogP contribution in [0, 0.1) is 6.92 Å². The molecule has 2 N–H and O–H groups in total. The Bertz CT molecular complexity index is 512. The van der Waals surface area contributed by atoms with E-state index in [1.165, 1.54) is 11.8 Å². The van der Waals surface area contributed by atoms with E-state index < -0.39 is 0 Å². The minimum absolute atomic E-state index is 0.0125. The summed E-state index contributed by atoms with van der Waals surface area (Å²) >= 11 is 4.96. The van der Waals surface area contributed by atoms with Gasteiger partial charge in [0, 0.05) is 28.4 Å². The van der Waals surface area contributed by atoms with Gasteiger partial charge in [0.15, 0.2) is 0 Å². The lowest BCUT2D eigenvalue weighted by Crippen LogP contribution is -2.48. The van der Waals surface area contributed by atoms with Gasteiger partial charge in [0.1, 0.15) is 0 Å². The minimum Gasteiger partial charge on any atom is -0.354 e. The van der Waals surface area contributed by atoms with Crippen molar-refractivity contribution < 1.29 is 9.59 Å². The van der Waals surface area contributed by atoms with E-state index in [9.17, 15) is 9.59 Å². The smallest absolute Gasteiger partial charge is 0.230 e. The predicted octanol–water partition coefficient (Wildman–Crippen LogP) is 2.24. The van der Waals surface area contributed by atoms with E-state index in [-0.39, 0.29) is 17.9 Å². The average molecular weight is 357 g/mol. The Morgan fingerprint density at radius 3 is 3.00 bits per heavy atom. The molecule has 2 rings (SSSR count). The Morgan fingerprint density at radius 1 is 1.55 bits per heavy atom. The molecule has 0 bridgehead atoms. The Morgan fingerprint density at radius 2 is 2.35 bits per heavy atom. The number of halogens is 1. The summed E-state index contributed by atoms with van der Waals surface area (Å²) in [7, 11) is 0. The van der Waals surface area contributed by atoms with Gasteiger partial charge in [-0.25, -0.2) is 0 Å². The van der Waals surface area contributed by atoms with Crippen molar-refractivity contribution in [3.8, 4) is 0 Å². The van der Waals surface area contributed by atoms with Crippen LogP contribution < -0.4 is 10.6 Å². The zero-order valence-corrected chi connectivity index (χ0v) is 13.6. The Kier molecular flexibility index (Phi) is 5.48. The van der Waals surface area contributed by atoms with Crippen LogP contribution in [0.25, 0.3) is 0 Å². The van der Waals surface area contributed by atoms with Gasteiger partial charge in [0.2, 0.25) is 11.8 Å². The molecule has 0 aromatic heterocycles. The zero-order chi connectivity index (χ0) is 14.5. The van der Waals surface area contributed by atoms with Crippen LogP contribution in [-0.4, -0.2) is 30.2 Å². The molecule has 0 radical (unpaired) electrons. The van der Waals surface area contributed by atoms with Gasteiger partial charge in [-0.2, -0.15) is 0 Å². The Labute approximate surface area is 131 Å². The van der Waals surface area contributed by atoms with Gasteiger partial charge in [-0.05, 0) is 37.1 Å². The standard InChI is InChI=1S/C14H17BrN2O2S/c1-9-6-10(15)2-4-12(9)20-8-14(19)17-11-3-5-13(18)16-7-11/h2,4,6,11H,3,5,7-8H2,1H3,(H,16,18)(H,17,19). The molecular weight excluding hydrogens is 340 g/mol. The molecular formula is C14H17BrN2O2S. The fraction of sp³-hybridized carbons (Fsp3) is 0.429. The number of hydrogen-bond acceptors (Lipinski definition) is 3. The van der Waals surface area contributed by atoms with Gasteiger partial charge in [0.05, 0.1) is 5.75 Å². The van der Waals surface area contributed by atoms with Crippen LogP contribution >= 0.6 is 27.7 Å². The van der Waals surface area contributed by atoms with Gasteiger partial charge in [0.25, 0.3) is 0 Å². The molecule has 1 aromatic carbocycles. The van der Waals surface area contributed by atoms with E-state index in [2.05, 4.69) is 26.6 Å². The third-order valence-corrected chi connectivity index (χ3v) is 4.80. The molecule has 1 fully saturated rings. The number of piperidine rings is 1. The summed E-state index contributed by atoms with van der Waals surface area (Å²) in [5, 5.41) is 5.72. The summed E-state index contributed by atoms with van der Waals surface area (Å²) in [6.07, 6.45) is 1.21. The summed E-state index contributed by atoms with van der Waals surface area (Å²) in [5.74, 6) is 0.473. The van der Waals surface area contributed by atoms with Crippen molar-refractivity contribution >= 4 is 39.5 Å². The molecule has 1 heterocycles. The fourth-order valence-corrected chi connectivity index (χ4v) is 3.34. The molecule has 20 heavy (non-hydrogen) atoms. The van der Waals surface area contributed by atoms with Crippen molar-refractivity contribution in [2.75, 3.05) is 12.3 Å². The van der Waals surface area contributed by atoms with Crippen LogP contribution in [0.3, 0.4) is 0 Å². The first-order chi connectivity index (χ1) is 9.54. The van der Waals surface area contributed by atoms with Gasteiger partial charge in [-0.3, -0.25) is 9.59 Å². The van der Waals surface area contributed by atoms with E-state index in [0.29, 0.717) is 18.7 Å². The van der Waals surface area contributed by atoms with Crippen molar-refractivity contribution in [3.63, 3.8) is 0 Å². The molecule has 1 atom stereocenters. The van der Waals surface area contributed by atoms with E-state index in [1.807, 2.05) is 25.1 Å².